The normalized spacial score (nSPS) is 19.6. The SMILES string of the molecule is CC.CCC(C)(C)CN1CCN(C)CC1. The fourth-order valence-corrected chi connectivity index (χ4v) is 1.72. The highest BCUT2D eigenvalue weighted by Crippen LogP contribution is 2.21. The summed E-state index contributed by atoms with van der Waals surface area (Å²) in [5, 5.41) is 0. The van der Waals surface area contributed by atoms with Crippen LogP contribution in [0.15, 0.2) is 0 Å². The second kappa shape index (κ2) is 7.24. The van der Waals surface area contributed by atoms with Gasteiger partial charge in [-0.3, -0.25) is 0 Å². The fourth-order valence-electron chi connectivity index (χ4n) is 1.72. The molecule has 0 aromatic rings. The van der Waals surface area contributed by atoms with E-state index < -0.39 is 0 Å². The molecule has 1 heterocycles. The van der Waals surface area contributed by atoms with E-state index >= 15 is 0 Å². The molecule has 92 valence electrons. The Hall–Kier alpha value is -0.0800. The summed E-state index contributed by atoms with van der Waals surface area (Å²) in [5.41, 5.74) is 0.496. The largest absolute Gasteiger partial charge is 0.304 e. The molecule has 1 fully saturated rings. The molecule has 0 amide bonds. The Morgan fingerprint density at radius 2 is 1.47 bits per heavy atom. The Morgan fingerprint density at radius 1 is 1.00 bits per heavy atom. The van der Waals surface area contributed by atoms with Crippen molar-refractivity contribution in [1.29, 1.82) is 0 Å². The summed E-state index contributed by atoms with van der Waals surface area (Å²) in [6, 6.07) is 0. The van der Waals surface area contributed by atoms with Crippen LogP contribution in [0.25, 0.3) is 0 Å². The summed E-state index contributed by atoms with van der Waals surface area (Å²) in [6.07, 6.45) is 1.28. The molecule has 0 aromatic heterocycles. The van der Waals surface area contributed by atoms with Crippen molar-refractivity contribution in [3.8, 4) is 0 Å². The van der Waals surface area contributed by atoms with Crippen LogP contribution in [0.4, 0.5) is 0 Å². The number of hydrogen-bond acceptors (Lipinski definition) is 2. The van der Waals surface area contributed by atoms with Gasteiger partial charge >= 0.3 is 0 Å². The topological polar surface area (TPSA) is 6.48 Å². The number of piperazine rings is 1. The van der Waals surface area contributed by atoms with E-state index in [-0.39, 0.29) is 0 Å². The standard InChI is InChI=1S/C11H24N2.C2H6/c1-5-11(2,3)10-13-8-6-12(4)7-9-13;1-2/h5-10H2,1-4H3;1-2H3. The van der Waals surface area contributed by atoms with Crippen LogP contribution >= 0.6 is 0 Å². The molecule has 2 nitrogen and oxygen atoms in total. The second-order valence-electron chi connectivity index (χ2n) is 5.10. The van der Waals surface area contributed by atoms with E-state index in [9.17, 15) is 0 Å². The lowest BCUT2D eigenvalue weighted by Crippen LogP contribution is -2.47. The van der Waals surface area contributed by atoms with E-state index in [1.165, 1.54) is 39.1 Å². The second-order valence-corrected chi connectivity index (χ2v) is 5.10. The van der Waals surface area contributed by atoms with Crippen molar-refractivity contribution in [2.24, 2.45) is 5.41 Å². The summed E-state index contributed by atoms with van der Waals surface area (Å²) in [7, 11) is 2.21. The van der Waals surface area contributed by atoms with Crippen LogP contribution in [0.2, 0.25) is 0 Å². The van der Waals surface area contributed by atoms with Crippen molar-refractivity contribution in [3.05, 3.63) is 0 Å². The van der Waals surface area contributed by atoms with Gasteiger partial charge in [-0.1, -0.05) is 34.6 Å². The Bertz CT molecular complexity index is 147. The maximum absolute atomic E-state index is 2.60. The molecule has 2 heteroatoms. The highest BCUT2D eigenvalue weighted by Gasteiger charge is 2.21. The fraction of sp³-hybridized carbons (Fsp3) is 1.00. The van der Waals surface area contributed by atoms with Gasteiger partial charge in [-0.05, 0) is 18.9 Å². The van der Waals surface area contributed by atoms with Crippen LogP contribution in [-0.4, -0.2) is 49.6 Å². The maximum Gasteiger partial charge on any atom is 0.0110 e. The molecule has 0 spiro atoms. The molecular formula is C13H30N2. The quantitative estimate of drug-likeness (QED) is 0.713. The third-order valence-corrected chi connectivity index (χ3v) is 3.20. The molecular weight excluding hydrogens is 184 g/mol. The van der Waals surface area contributed by atoms with Crippen molar-refractivity contribution in [3.63, 3.8) is 0 Å². The van der Waals surface area contributed by atoms with Crippen LogP contribution in [0.5, 0.6) is 0 Å². The van der Waals surface area contributed by atoms with Crippen molar-refractivity contribution < 1.29 is 0 Å². The molecule has 15 heavy (non-hydrogen) atoms. The van der Waals surface area contributed by atoms with Gasteiger partial charge in [0.15, 0.2) is 0 Å². The van der Waals surface area contributed by atoms with Gasteiger partial charge in [0.25, 0.3) is 0 Å². The lowest BCUT2D eigenvalue weighted by Gasteiger charge is -2.37. The predicted octanol–water partition coefficient (Wildman–Crippen LogP) is 2.70. The molecule has 0 bridgehead atoms. The summed E-state index contributed by atoms with van der Waals surface area (Å²) >= 11 is 0. The Kier molecular flexibility index (Phi) is 7.20. The van der Waals surface area contributed by atoms with E-state index in [0.717, 1.165) is 0 Å². The van der Waals surface area contributed by atoms with Crippen molar-refractivity contribution in [2.45, 2.75) is 41.0 Å². The third-order valence-electron chi connectivity index (χ3n) is 3.20. The zero-order valence-electron chi connectivity index (χ0n) is 11.6. The highest BCUT2D eigenvalue weighted by molar-refractivity contribution is 4.76. The molecule has 0 atom stereocenters. The molecule has 1 rings (SSSR count). The first-order valence-electron chi connectivity index (χ1n) is 6.44. The number of hydrogen-bond donors (Lipinski definition) is 0. The Morgan fingerprint density at radius 3 is 1.87 bits per heavy atom. The molecule has 1 aliphatic heterocycles. The van der Waals surface area contributed by atoms with E-state index in [0.29, 0.717) is 5.41 Å². The molecule has 0 N–H and O–H groups in total. The van der Waals surface area contributed by atoms with Gasteiger partial charge < -0.3 is 9.80 Å². The van der Waals surface area contributed by atoms with E-state index in [4.69, 9.17) is 0 Å². The predicted molar refractivity (Wildman–Crippen MR) is 69.4 cm³/mol. The Balaban J connectivity index is 0.000000921. The molecule has 1 aliphatic rings. The van der Waals surface area contributed by atoms with E-state index in [2.05, 4.69) is 37.6 Å². The molecule has 0 radical (unpaired) electrons. The van der Waals surface area contributed by atoms with Gasteiger partial charge in [0.1, 0.15) is 0 Å². The van der Waals surface area contributed by atoms with Crippen LogP contribution in [0.3, 0.4) is 0 Å². The molecule has 1 saturated heterocycles. The first kappa shape index (κ1) is 14.9. The zero-order valence-corrected chi connectivity index (χ0v) is 11.6. The summed E-state index contributed by atoms with van der Waals surface area (Å²) < 4.78 is 0. The van der Waals surface area contributed by atoms with Gasteiger partial charge in [-0.15, -0.1) is 0 Å². The Labute approximate surface area is 96.6 Å². The average molecular weight is 214 g/mol. The van der Waals surface area contributed by atoms with Crippen LogP contribution in [0.1, 0.15) is 41.0 Å². The number of nitrogens with zero attached hydrogens (tertiary/aromatic N) is 2. The number of rotatable bonds is 3. The first-order valence-corrected chi connectivity index (χ1v) is 6.44. The van der Waals surface area contributed by atoms with Crippen molar-refractivity contribution in [2.75, 3.05) is 39.8 Å². The molecule has 0 saturated carbocycles. The average Bonchev–Trinajstić information content (AvgIpc) is 2.24. The smallest absolute Gasteiger partial charge is 0.0110 e. The minimum Gasteiger partial charge on any atom is -0.304 e. The molecule has 0 aliphatic carbocycles. The van der Waals surface area contributed by atoms with Gasteiger partial charge in [0.05, 0.1) is 0 Å². The van der Waals surface area contributed by atoms with Gasteiger partial charge in [-0.25, -0.2) is 0 Å². The van der Waals surface area contributed by atoms with Crippen LogP contribution in [0, 0.1) is 5.41 Å². The lowest BCUT2D eigenvalue weighted by atomic mass is 9.89. The highest BCUT2D eigenvalue weighted by atomic mass is 15.2. The van der Waals surface area contributed by atoms with Crippen molar-refractivity contribution in [1.82, 2.24) is 9.80 Å². The third kappa shape index (κ3) is 6.16. The minimum atomic E-state index is 0.496. The number of likely N-dealkylation sites (N-methyl/N-ethyl adjacent to an activating group) is 1. The minimum absolute atomic E-state index is 0.496. The molecule has 0 unspecified atom stereocenters. The molecule has 0 aromatic carbocycles. The summed E-state index contributed by atoms with van der Waals surface area (Å²) in [5.74, 6) is 0. The first-order chi connectivity index (χ1) is 7.03. The van der Waals surface area contributed by atoms with E-state index in [1.54, 1.807) is 0 Å². The summed E-state index contributed by atoms with van der Waals surface area (Å²) in [6.45, 7) is 17.3. The van der Waals surface area contributed by atoms with Crippen molar-refractivity contribution >= 4 is 0 Å². The lowest BCUT2D eigenvalue weighted by molar-refractivity contribution is 0.109. The van der Waals surface area contributed by atoms with Crippen LogP contribution < -0.4 is 0 Å². The van der Waals surface area contributed by atoms with Gasteiger partial charge in [0, 0.05) is 32.7 Å². The van der Waals surface area contributed by atoms with Gasteiger partial charge in [-0.2, -0.15) is 0 Å². The van der Waals surface area contributed by atoms with Gasteiger partial charge in [0.2, 0.25) is 0 Å². The van der Waals surface area contributed by atoms with E-state index in [1.807, 2.05) is 13.8 Å². The maximum atomic E-state index is 2.60. The monoisotopic (exact) mass is 214 g/mol. The summed E-state index contributed by atoms with van der Waals surface area (Å²) in [4.78, 5) is 5.01. The zero-order chi connectivity index (χ0) is 11.9. The van der Waals surface area contributed by atoms with Crippen LogP contribution in [-0.2, 0) is 0 Å².